The van der Waals surface area contributed by atoms with E-state index in [-0.39, 0.29) is 11.9 Å². The van der Waals surface area contributed by atoms with Crippen molar-refractivity contribution < 1.29 is 19.1 Å². The van der Waals surface area contributed by atoms with Gasteiger partial charge in [-0.25, -0.2) is 4.79 Å². The highest BCUT2D eigenvalue weighted by Crippen LogP contribution is 2.14. The average molecular weight is 335 g/mol. The molecule has 0 aliphatic carbocycles. The molecular formula is C19H29NO4. The van der Waals surface area contributed by atoms with Crippen molar-refractivity contribution >= 4 is 11.9 Å². The Hall–Kier alpha value is -1.88. The smallest absolute Gasteiger partial charge is 0.338 e. The van der Waals surface area contributed by atoms with E-state index >= 15 is 0 Å². The molecule has 0 saturated heterocycles. The average Bonchev–Trinajstić information content (AvgIpc) is 2.41. The highest BCUT2D eigenvalue weighted by molar-refractivity contribution is 5.89. The number of ether oxygens (including phenoxy) is 2. The summed E-state index contributed by atoms with van der Waals surface area (Å²) in [6.45, 7) is 13.2. The van der Waals surface area contributed by atoms with Gasteiger partial charge in [0.2, 0.25) is 0 Å². The first-order valence-corrected chi connectivity index (χ1v) is 8.16. The number of nitrogens with one attached hydrogen (secondary N) is 1. The zero-order chi connectivity index (χ0) is 18.5. The van der Waals surface area contributed by atoms with Gasteiger partial charge >= 0.3 is 11.9 Å². The molecule has 5 heteroatoms. The van der Waals surface area contributed by atoms with Crippen molar-refractivity contribution in [3.63, 3.8) is 0 Å². The van der Waals surface area contributed by atoms with E-state index < -0.39 is 17.2 Å². The fourth-order valence-electron chi connectivity index (χ4n) is 1.89. The normalized spacial score (nSPS) is 13.3. The van der Waals surface area contributed by atoms with Crippen LogP contribution in [0, 0.1) is 0 Å². The molecular weight excluding hydrogens is 306 g/mol. The van der Waals surface area contributed by atoms with Crippen molar-refractivity contribution in [1.29, 1.82) is 0 Å². The van der Waals surface area contributed by atoms with Crippen molar-refractivity contribution in [1.82, 2.24) is 5.32 Å². The molecule has 0 spiro atoms. The predicted octanol–water partition coefficient (Wildman–Crippen LogP) is 3.46. The van der Waals surface area contributed by atoms with Gasteiger partial charge in [0.05, 0.1) is 5.56 Å². The van der Waals surface area contributed by atoms with Gasteiger partial charge in [0.25, 0.3) is 0 Å². The largest absolute Gasteiger partial charge is 0.459 e. The molecule has 0 saturated carbocycles. The van der Waals surface area contributed by atoms with Crippen molar-refractivity contribution in [3.8, 4) is 0 Å². The van der Waals surface area contributed by atoms with Crippen LogP contribution in [0.5, 0.6) is 0 Å². The zero-order valence-electron chi connectivity index (χ0n) is 15.7. The lowest BCUT2D eigenvalue weighted by Gasteiger charge is -2.23. The molecule has 5 nitrogen and oxygen atoms in total. The van der Waals surface area contributed by atoms with Crippen LogP contribution in [0.4, 0.5) is 0 Å². The van der Waals surface area contributed by atoms with E-state index in [2.05, 4.69) is 5.32 Å². The lowest BCUT2D eigenvalue weighted by Crippen LogP contribution is -2.38. The van der Waals surface area contributed by atoms with Gasteiger partial charge in [-0.2, -0.15) is 0 Å². The Balaban J connectivity index is 2.65. The van der Waals surface area contributed by atoms with E-state index in [9.17, 15) is 9.59 Å². The first-order valence-electron chi connectivity index (χ1n) is 8.16. The molecule has 0 radical (unpaired) electrons. The fourth-order valence-corrected chi connectivity index (χ4v) is 1.89. The number of carbonyl (C=O) groups is 2. The summed E-state index contributed by atoms with van der Waals surface area (Å²) in [5, 5.41) is 3.11. The molecule has 0 aliphatic rings. The highest BCUT2D eigenvalue weighted by atomic mass is 16.6. The molecule has 1 N–H and O–H groups in total. The summed E-state index contributed by atoms with van der Waals surface area (Å²) in [4.78, 5) is 24.1. The van der Waals surface area contributed by atoms with Crippen molar-refractivity contribution in [2.75, 3.05) is 0 Å². The minimum atomic E-state index is -0.531. The number of rotatable bonds is 5. The summed E-state index contributed by atoms with van der Waals surface area (Å²) in [5.74, 6) is -0.657. The van der Waals surface area contributed by atoms with Crippen molar-refractivity contribution in [2.24, 2.45) is 0 Å². The zero-order valence-corrected chi connectivity index (χ0v) is 15.7. The summed E-state index contributed by atoms with van der Waals surface area (Å²) in [7, 11) is 0. The Labute approximate surface area is 144 Å². The Kier molecular flexibility index (Phi) is 6.55. The molecule has 1 unspecified atom stereocenters. The van der Waals surface area contributed by atoms with Crippen LogP contribution >= 0.6 is 0 Å². The number of carbonyl (C=O) groups excluding carboxylic acids is 2. The van der Waals surface area contributed by atoms with Crippen molar-refractivity contribution in [3.05, 3.63) is 35.4 Å². The van der Waals surface area contributed by atoms with Gasteiger partial charge in [-0.15, -0.1) is 0 Å². The summed E-state index contributed by atoms with van der Waals surface area (Å²) < 4.78 is 10.7. The maximum atomic E-state index is 12.1. The maximum absolute atomic E-state index is 12.1. The van der Waals surface area contributed by atoms with Crippen LogP contribution in [0.1, 0.15) is 64.4 Å². The Morgan fingerprint density at radius 3 is 2.17 bits per heavy atom. The minimum absolute atomic E-state index is 0.300. The second-order valence-electron chi connectivity index (χ2n) is 7.84. The van der Waals surface area contributed by atoms with Crippen LogP contribution in [0.2, 0.25) is 0 Å². The summed E-state index contributed by atoms with van der Waals surface area (Å²) in [5.41, 5.74) is 0.350. The molecule has 1 aromatic carbocycles. The quantitative estimate of drug-likeness (QED) is 0.835. The topological polar surface area (TPSA) is 64.6 Å². The highest BCUT2D eigenvalue weighted by Gasteiger charge is 2.21. The predicted molar refractivity (Wildman–Crippen MR) is 93.8 cm³/mol. The van der Waals surface area contributed by atoms with Gasteiger partial charge in [0.15, 0.2) is 0 Å². The lowest BCUT2D eigenvalue weighted by molar-refractivity contribution is -0.157. The second kappa shape index (κ2) is 7.79. The maximum Gasteiger partial charge on any atom is 0.338 e. The first kappa shape index (κ1) is 20.2. The standard InChI is InChI=1S/C19H29NO4/c1-13(16(21)23-18(2,3)4)20-12-14-9-8-10-15(11-14)17(22)24-19(5,6)7/h8-11,13,20H,12H2,1-7H3. The third kappa shape index (κ3) is 7.59. The third-order valence-electron chi connectivity index (χ3n) is 2.93. The van der Waals surface area contributed by atoms with E-state index in [1.807, 2.05) is 47.6 Å². The van der Waals surface area contributed by atoms with Crippen molar-refractivity contribution in [2.45, 2.75) is 72.3 Å². The lowest BCUT2D eigenvalue weighted by atomic mass is 10.1. The van der Waals surface area contributed by atoms with Crippen LogP contribution in [0.3, 0.4) is 0 Å². The molecule has 0 fully saturated rings. The number of benzene rings is 1. The van der Waals surface area contributed by atoms with Crippen LogP contribution in [0.15, 0.2) is 24.3 Å². The molecule has 1 aromatic rings. The minimum Gasteiger partial charge on any atom is -0.459 e. The van der Waals surface area contributed by atoms with E-state index in [0.29, 0.717) is 12.1 Å². The molecule has 134 valence electrons. The van der Waals surface area contributed by atoms with E-state index in [0.717, 1.165) is 5.56 Å². The summed E-state index contributed by atoms with van der Waals surface area (Å²) in [6, 6.07) is 6.74. The second-order valence-corrected chi connectivity index (χ2v) is 7.84. The summed E-state index contributed by atoms with van der Waals surface area (Å²) in [6.07, 6.45) is 0. The Morgan fingerprint density at radius 2 is 1.62 bits per heavy atom. The Bertz CT molecular complexity index is 582. The number of hydrogen-bond donors (Lipinski definition) is 1. The Morgan fingerprint density at radius 1 is 1.04 bits per heavy atom. The molecule has 1 atom stereocenters. The first-order chi connectivity index (χ1) is 10.9. The fraction of sp³-hybridized carbons (Fsp3) is 0.579. The van der Waals surface area contributed by atoms with Crippen LogP contribution in [-0.4, -0.2) is 29.2 Å². The van der Waals surface area contributed by atoms with Gasteiger partial charge in [-0.3, -0.25) is 4.79 Å². The van der Waals surface area contributed by atoms with Crippen LogP contribution in [-0.2, 0) is 20.8 Å². The van der Waals surface area contributed by atoms with Crippen LogP contribution in [0.25, 0.3) is 0 Å². The van der Waals surface area contributed by atoms with Gasteiger partial charge in [0.1, 0.15) is 17.2 Å². The molecule has 0 aliphatic heterocycles. The molecule has 24 heavy (non-hydrogen) atoms. The van der Waals surface area contributed by atoms with E-state index in [4.69, 9.17) is 9.47 Å². The van der Waals surface area contributed by atoms with Gasteiger partial charge < -0.3 is 14.8 Å². The molecule has 1 rings (SSSR count). The SMILES string of the molecule is CC(NCc1cccc(C(=O)OC(C)(C)C)c1)C(=O)OC(C)(C)C. The molecule has 0 aromatic heterocycles. The molecule has 0 bridgehead atoms. The van der Waals surface area contributed by atoms with Gasteiger partial charge in [-0.1, -0.05) is 12.1 Å². The summed E-state index contributed by atoms with van der Waals surface area (Å²) >= 11 is 0. The molecule has 0 heterocycles. The van der Waals surface area contributed by atoms with E-state index in [1.165, 1.54) is 0 Å². The number of hydrogen-bond acceptors (Lipinski definition) is 5. The van der Waals surface area contributed by atoms with Crippen LogP contribution < -0.4 is 5.32 Å². The van der Waals surface area contributed by atoms with Gasteiger partial charge in [-0.05, 0) is 66.2 Å². The van der Waals surface area contributed by atoms with Gasteiger partial charge in [0, 0.05) is 6.54 Å². The monoisotopic (exact) mass is 335 g/mol. The van der Waals surface area contributed by atoms with E-state index in [1.54, 1.807) is 25.1 Å². The third-order valence-corrected chi connectivity index (χ3v) is 2.93. The molecule has 0 amide bonds. The number of esters is 2.